The van der Waals surface area contributed by atoms with Crippen LogP contribution in [0.1, 0.15) is 33.7 Å². The van der Waals surface area contributed by atoms with Gasteiger partial charge in [0, 0.05) is 12.2 Å². The van der Waals surface area contributed by atoms with Crippen molar-refractivity contribution in [2.24, 2.45) is 0 Å². The van der Waals surface area contributed by atoms with E-state index in [9.17, 15) is 20.0 Å². The summed E-state index contributed by atoms with van der Waals surface area (Å²) in [5.74, 6) is -1.18. The van der Waals surface area contributed by atoms with Crippen molar-refractivity contribution in [2.45, 2.75) is 26.0 Å². The lowest BCUT2D eigenvalue weighted by molar-refractivity contribution is 0.0686. The Bertz CT molecular complexity index is 834. The SMILES string of the molecule is N#Cc1c(NC(=O)OCc2ccccc2)c(C(=O)O)n2c1CCC2. The van der Waals surface area contributed by atoms with Gasteiger partial charge >= 0.3 is 12.1 Å². The minimum Gasteiger partial charge on any atom is -0.477 e. The molecule has 1 aromatic carbocycles. The number of benzene rings is 1. The number of amides is 1. The molecule has 1 aliphatic heterocycles. The van der Waals surface area contributed by atoms with Gasteiger partial charge in [0.25, 0.3) is 0 Å². The highest BCUT2D eigenvalue weighted by molar-refractivity contribution is 6.00. The van der Waals surface area contributed by atoms with Gasteiger partial charge < -0.3 is 14.4 Å². The van der Waals surface area contributed by atoms with E-state index in [1.807, 2.05) is 36.4 Å². The van der Waals surface area contributed by atoms with E-state index < -0.39 is 12.1 Å². The van der Waals surface area contributed by atoms with Crippen molar-refractivity contribution in [2.75, 3.05) is 5.32 Å². The third-order valence-electron chi connectivity index (χ3n) is 3.92. The van der Waals surface area contributed by atoms with Crippen LogP contribution in [0.25, 0.3) is 0 Å². The number of ether oxygens (including phenoxy) is 1. The number of aromatic carboxylic acids is 1. The highest BCUT2D eigenvalue weighted by Gasteiger charge is 2.30. The molecule has 1 amide bonds. The Kier molecular flexibility index (Phi) is 4.20. The molecule has 0 saturated carbocycles. The number of carboxylic acids is 1. The summed E-state index contributed by atoms with van der Waals surface area (Å²) in [5.41, 5.74) is 1.59. The molecule has 0 bridgehead atoms. The van der Waals surface area contributed by atoms with Gasteiger partial charge in [-0.1, -0.05) is 30.3 Å². The van der Waals surface area contributed by atoms with Gasteiger partial charge in [-0.15, -0.1) is 0 Å². The van der Waals surface area contributed by atoms with Gasteiger partial charge in [-0.25, -0.2) is 9.59 Å². The number of carboxylic acid groups (broad SMARTS) is 1. The molecule has 24 heavy (non-hydrogen) atoms. The predicted molar refractivity (Wildman–Crippen MR) is 84.7 cm³/mol. The average Bonchev–Trinajstić information content (AvgIpc) is 3.13. The summed E-state index contributed by atoms with van der Waals surface area (Å²) in [6.07, 6.45) is 0.606. The summed E-state index contributed by atoms with van der Waals surface area (Å²) >= 11 is 0. The van der Waals surface area contributed by atoms with Gasteiger partial charge in [-0.2, -0.15) is 5.26 Å². The molecule has 3 rings (SSSR count). The van der Waals surface area contributed by atoms with E-state index in [1.54, 1.807) is 4.57 Å². The molecule has 122 valence electrons. The monoisotopic (exact) mass is 325 g/mol. The van der Waals surface area contributed by atoms with Gasteiger partial charge in [-0.05, 0) is 18.4 Å². The Morgan fingerprint density at radius 1 is 1.33 bits per heavy atom. The van der Waals surface area contributed by atoms with Crippen molar-refractivity contribution in [1.82, 2.24) is 4.57 Å². The van der Waals surface area contributed by atoms with Crippen LogP contribution in [0, 0.1) is 11.3 Å². The topological polar surface area (TPSA) is 104 Å². The zero-order chi connectivity index (χ0) is 17.1. The van der Waals surface area contributed by atoms with Crippen LogP contribution < -0.4 is 5.32 Å². The van der Waals surface area contributed by atoms with Crippen LogP contribution in [0.5, 0.6) is 0 Å². The van der Waals surface area contributed by atoms with Gasteiger partial charge in [0.1, 0.15) is 12.7 Å². The lowest BCUT2D eigenvalue weighted by Crippen LogP contribution is -2.17. The molecule has 0 radical (unpaired) electrons. The van der Waals surface area contributed by atoms with E-state index in [0.29, 0.717) is 18.7 Å². The number of nitriles is 1. The Morgan fingerprint density at radius 2 is 2.08 bits per heavy atom. The number of carbonyl (C=O) groups is 2. The first-order valence-corrected chi connectivity index (χ1v) is 7.48. The minimum atomic E-state index is -1.18. The summed E-state index contributed by atoms with van der Waals surface area (Å²) in [5, 5.41) is 21.2. The maximum absolute atomic E-state index is 12.0. The first-order valence-electron chi connectivity index (χ1n) is 7.48. The number of fused-ring (bicyclic) bond motifs is 1. The molecule has 0 unspecified atom stereocenters. The van der Waals surface area contributed by atoms with Crippen molar-refractivity contribution < 1.29 is 19.4 Å². The van der Waals surface area contributed by atoms with Gasteiger partial charge in [0.15, 0.2) is 5.69 Å². The van der Waals surface area contributed by atoms with Crippen molar-refractivity contribution in [3.8, 4) is 6.07 Å². The fourth-order valence-electron chi connectivity index (χ4n) is 2.90. The Balaban J connectivity index is 1.81. The number of nitrogens with zero attached hydrogens (tertiary/aromatic N) is 2. The smallest absolute Gasteiger partial charge is 0.412 e. The Labute approximate surface area is 138 Å². The van der Waals surface area contributed by atoms with E-state index in [0.717, 1.165) is 12.0 Å². The molecule has 7 heteroatoms. The quantitative estimate of drug-likeness (QED) is 0.899. The number of carbonyl (C=O) groups excluding carboxylic acids is 1. The summed E-state index contributed by atoms with van der Waals surface area (Å²) in [7, 11) is 0. The van der Waals surface area contributed by atoms with Crippen LogP contribution in [0.3, 0.4) is 0 Å². The molecule has 2 heterocycles. The number of hydrogen-bond acceptors (Lipinski definition) is 4. The second-order valence-electron chi connectivity index (χ2n) is 5.40. The maximum atomic E-state index is 12.0. The molecular formula is C17H15N3O4. The molecule has 0 atom stereocenters. The van der Waals surface area contributed by atoms with Crippen LogP contribution in [-0.2, 0) is 24.3 Å². The first-order chi connectivity index (χ1) is 11.6. The maximum Gasteiger partial charge on any atom is 0.412 e. The number of nitrogens with one attached hydrogen (secondary N) is 1. The second-order valence-corrected chi connectivity index (χ2v) is 5.40. The molecule has 0 fully saturated rings. The van der Waals surface area contributed by atoms with Crippen LogP contribution in [-0.4, -0.2) is 21.7 Å². The average molecular weight is 325 g/mol. The number of hydrogen-bond donors (Lipinski definition) is 2. The van der Waals surface area contributed by atoms with Crippen molar-refractivity contribution in [3.63, 3.8) is 0 Å². The minimum absolute atomic E-state index is 0.0118. The van der Waals surface area contributed by atoms with E-state index in [1.165, 1.54) is 0 Å². The molecule has 0 spiro atoms. The molecule has 1 aliphatic rings. The lowest BCUT2D eigenvalue weighted by Gasteiger charge is -2.08. The fraction of sp³-hybridized carbons (Fsp3) is 0.235. The molecule has 0 aliphatic carbocycles. The van der Waals surface area contributed by atoms with Crippen LogP contribution >= 0.6 is 0 Å². The third kappa shape index (κ3) is 2.82. The van der Waals surface area contributed by atoms with E-state index >= 15 is 0 Å². The fourth-order valence-corrected chi connectivity index (χ4v) is 2.90. The zero-order valence-electron chi connectivity index (χ0n) is 12.8. The highest BCUT2D eigenvalue weighted by Crippen LogP contribution is 2.33. The first kappa shape index (κ1) is 15.6. The number of rotatable bonds is 4. The summed E-state index contributed by atoms with van der Waals surface area (Å²) in [6.45, 7) is 0.580. The standard InChI is InChI=1S/C17H15N3O4/c18-9-12-13-7-4-8-20(13)15(16(21)22)14(12)19-17(23)24-10-11-5-2-1-3-6-11/h1-3,5-6H,4,7-8,10H2,(H,19,23)(H,21,22). The van der Waals surface area contributed by atoms with Gasteiger partial charge in [-0.3, -0.25) is 5.32 Å². The summed E-state index contributed by atoms with van der Waals surface area (Å²) in [4.78, 5) is 23.6. The van der Waals surface area contributed by atoms with Crippen LogP contribution in [0.15, 0.2) is 30.3 Å². The van der Waals surface area contributed by atoms with Crippen molar-refractivity contribution >= 4 is 17.7 Å². The summed E-state index contributed by atoms with van der Waals surface area (Å²) in [6, 6.07) is 11.1. The van der Waals surface area contributed by atoms with Gasteiger partial charge in [0.2, 0.25) is 0 Å². The van der Waals surface area contributed by atoms with Crippen LogP contribution in [0.2, 0.25) is 0 Å². The normalized spacial score (nSPS) is 12.3. The van der Waals surface area contributed by atoms with E-state index in [4.69, 9.17) is 4.74 Å². The molecule has 0 saturated heterocycles. The lowest BCUT2D eigenvalue weighted by atomic mass is 10.1. The largest absolute Gasteiger partial charge is 0.477 e. The highest BCUT2D eigenvalue weighted by atomic mass is 16.5. The van der Waals surface area contributed by atoms with Crippen LogP contribution in [0.4, 0.5) is 10.5 Å². The van der Waals surface area contributed by atoms with E-state index in [2.05, 4.69) is 5.32 Å². The Hall–Kier alpha value is -3.27. The number of aromatic nitrogens is 1. The summed E-state index contributed by atoms with van der Waals surface area (Å²) < 4.78 is 6.68. The molecule has 7 nitrogen and oxygen atoms in total. The zero-order valence-corrected chi connectivity index (χ0v) is 12.8. The van der Waals surface area contributed by atoms with Crippen molar-refractivity contribution in [1.29, 1.82) is 5.26 Å². The number of anilines is 1. The second kappa shape index (κ2) is 6.46. The molecule has 2 aromatic rings. The van der Waals surface area contributed by atoms with E-state index in [-0.39, 0.29) is 23.6 Å². The van der Waals surface area contributed by atoms with Gasteiger partial charge in [0.05, 0.1) is 11.3 Å². The predicted octanol–water partition coefficient (Wildman–Crippen LogP) is 2.75. The third-order valence-corrected chi connectivity index (χ3v) is 3.92. The molecule has 2 N–H and O–H groups in total. The molecular weight excluding hydrogens is 310 g/mol. The molecule has 1 aromatic heterocycles. The Morgan fingerprint density at radius 3 is 2.75 bits per heavy atom. The van der Waals surface area contributed by atoms with Crippen molar-refractivity contribution in [3.05, 3.63) is 52.8 Å².